The van der Waals surface area contributed by atoms with Crippen LogP contribution >= 0.6 is 0 Å². The van der Waals surface area contributed by atoms with Crippen LogP contribution in [0.15, 0.2) is 37.2 Å². The molecule has 0 saturated carbocycles. The molecule has 0 spiro atoms. The zero-order valence-electron chi connectivity index (χ0n) is 8.96. The molecule has 2 heterocycles. The first-order valence-electron chi connectivity index (χ1n) is 4.94. The number of nitrogens with zero attached hydrogens (tertiary/aromatic N) is 3. The van der Waals surface area contributed by atoms with Gasteiger partial charge in [0.1, 0.15) is 12.4 Å². The zero-order chi connectivity index (χ0) is 13.2. The van der Waals surface area contributed by atoms with Crippen LogP contribution in [-0.4, -0.2) is 20.1 Å². The number of halogens is 3. The third-order valence-corrected chi connectivity index (χ3v) is 2.35. The van der Waals surface area contributed by atoms with Gasteiger partial charge in [0.25, 0.3) is 0 Å². The van der Waals surface area contributed by atoms with Crippen molar-refractivity contribution in [3.8, 4) is 0 Å². The average Bonchev–Trinajstić information content (AvgIpc) is 2.38. The van der Waals surface area contributed by atoms with E-state index in [1.54, 1.807) is 0 Å². The Kier molecular flexibility index (Phi) is 3.24. The number of aliphatic hydroxyl groups is 1. The number of aliphatic hydroxyl groups excluding tert-OH is 1. The summed E-state index contributed by atoms with van der Waals surface area (Å²) < 4.78 is 38.3. The van der Waals surface area contributed by atoms with Gasteiger partial charge in [-0.3, -0.25) is 4.98 Å². The molecule has 7 heteroatoms. The number of rotatable bonds is 2. The van der Waals surface area contributed by atoms with E-state index in [4.69, 9.17) is 0 Å². The van der Waals surface area contributed by atoms with Gasteiger partial charge in [0.05, 0.1) is 5.56 Å². The quantitative estimate of drug-likeness (QED) is 0.891. The van der Waals surface area contributed by atoms with Crippen molar-refractivity contribution in [2.45, 2.75) is 12.3 Å². The third-order valence-electron chi connectivity index (χ3n) is 2.35. The molecule has 2 aromatic rings. The van der Waals surface area contributed by atoms with Crippen LogP contribution in [0.25, 0.3) is 0 Å². The third kappa shape index (κ3) is 2.45. The van der Waals surface area contributed by atoms with Crippen molar-refractivity contribution in [1.29, 1.82) is 0 Å². The van der Waals surface area contributed by atoms with Gasteiger partial charge in [0, 0.05) is 35.9 Å². The molecule has 0 fully saturated rings. The molecule has 1 atom stereocenters. The van der Waals surface area contributed by atoms with Crippen LogP contribution in [0.1, 0.15) is 22.8 Å². The minimum Gasteiger partial charge on any atom is -0.383 e. The van der Waals surface area contributed by atoms with Crippen LogP contribution in [0.5, 0.6) is 0 Å². The highest BCUT2D eigenvalue weighted by Crippen LogP contribution is 2.35. The normalized spacial score (nSPS) is 13.3. The molecular formula is C11H8F3N3O. The highest BCUT2D eigenvalue weighted by Gasteiger charge is 2.35. The molecule has 18 heavy (non-hydrogen) atoms. The Morgan fingerprint density at radius 2 is 1.72 bits per heavy atom. The van der Waals surface area contributed by atoms with Crippen molar-refractivity contribution in [3.63, 3.8) is 0 Å². The van der Waals surface area contributed by atoms with E-state index in [0.29, 0.717) is 0 Å². The topological polar surface area (TPSA) is 58.9 Å². The van der Waals surface area contributed by atoms with Crippen LogP contribution in [-0.2, 0) is 6.18 Å². The maximum atomic E-state index is 12.8. The Labute approximate surface area is 100 Å². The molecule has 4 nitrogen and oxygen atoms in total. The van der Waals surface area contributed by atoms with E-state index in [0.717, 1.165) is 18.5 Å². The van der Waals surface area contributed by atoms with E-state index in [-0.39, 0.29) is 11.1 Å². The maximum Gasteiger partial charge on any atom is 0.416 e. The standard InChI is InChI=1S/C11H8F3N3O/c12-11(13,14)9-1-2-15-5-8(9)10(18)7-3-16-6-17-4-7/h1-6,10,18H. The van der Waals surface area contributed by atoms with Gasteiger partial charge >= 0.3 is 6.18 Å². The van der Waals surface area contributed by atoms with Crippen molar-refractivity contribution >= 4 is 0 Å². The monoisotopic (exact) mass is 255 g/mol. The summed E-state index contributed by atoms with van der Waals surface area (Å²) in [5.74, 6) is 0. The molecule has 2 rings (SSSR count). The summed E-state index contributed by atoms with van der Waals surface area (Å²) in [7, 11) is 0. The fraction of sp³-hybridized carbons (Fsp3) is 0.182. The van der Waals surface area contributed by atoms with Gasteiger partial charge < -0.3 is 5.11 Å². The molecule has 0 aliphatic heterocycles. The van der Waals surface area contributed by atoms with Crippen LogP contribution in [0, 0.1) is 0 Å². The van der Waals surface area contributed by atoms with Crippen LogP contribution in [0.3, 0.4) is 0 Å². The number of aromatic nitrogens is 3. The average molecular weight is 255 g/mol. The zero-order valence-corrected chi connectivity index (χ0v) is 8.96. The van der Waals surface area contributed by atoms with Crippen molar-refractivity contribution in [1.82, 2.24) is 15.0 Å². The molecule has 0 amide bonds. The van der Waals surface area contributed by atoms with Crippen LogP contribution in [0.2, 0.25) is 0 Å². The molecule has 0 saturated heterocycles. The number of hydrogen-bond acceptors (Lipinski definition) is 4. The van der Waals surface area contributed by atoms with E-state index in [1.807, 2.05) is 0 Å². The van der Waals surface area contributed by atoms with Crippen molar-refractivity contribution < 1.29 is 18.3 Å². The summed E-state index contributed by atoms with van der Waals surface area (Å²) in [4.78, 5) is 10.9. The second-order valence-corrected chi connectivity index (χ2v) is 3.54. The summed E-state index contributed by atoms with van der Waals surface area (Å²) in [6.45, 7) is 0. The Hall–Kier alpha value is -2.02. The lowest BCUT2D eigenvalue weighted by Gasteiger charge is -2.16. The summed E-state index contributed by atoms with van der Waals surface area (Å²) in [5.41, 5.74) is -1.07. The highest BCUT2D eigenvalue weighted by molar-refractivity contribution is 5.33. The molecule has 0 aliphatic rings. The van der Waals surface area contributed by atoms with Crippen molar-refractivity contribution in [2.75, 3.05) is 0 Å². The van der Waals surface area contributed by atoms with Gasteiger partial charge in [-0.15, -0.1) is 0 Å². The fourth-order valence-corrected chi connectivity index (χ4v) is 1.51. The fourth-order valence-electron chi connectivity index (χ4n) is 1.51. The van der Waals surface area contributed by atoms with E-state index < -0.39 is 17.8 Å². The van der Waals surface area contributed by atoms with Gasteiger partial charge in [-0.1, -0.05) is 0 Å². The van der Waals surface area contributed by atoms with E-state index in [1.165, 1.54) is 18.7 Å². The highest BCUT2D eigenvalue weighted by atomic mass is 19.4. The maximum absolute atomic E-state index is 12.8. The Morgan fingerprint density at radius 1 is 1.06 bits per heavy atom. The number of alkyl halides is 3. The van der Waals surface area contributed by atoms with Gasteiger partial charge in [-0.2, -0.15) is 13.2 Å². The minimum atomic E-state index is -4.55. The van der Waals surface area contributed by atoms with Crippen LogP contribution in [0.4, 0.5) is 13.2 Å². The van der Waals surface area contributed by atoms with E-state index in [9.17, 15) is 18.3 Å². The van der Waals surface area contributed by atoms with Crippen molar-refractivity contribution in [2.24, 2.45) is 0 Å². The van der Waals surface area contributed by atoms with Gasteiger partial charge in [0.15, 0.2) is 0 Å². The molecule has 1 N–H and O–H groups in total. The van der Waals surface area contributed by atoms with Gasteiger partial charge in [0.2, 0.25) is 0 Å². The minimum absolute atomic E-state index is 0.177. The summed E-state index contributed by atoms with van der Waals surface area (Å²) in [6.07, 6.45) is -0.257. The molecule has 94 valence electrons. The molecule has 0 radical (unpaired) electrons. The molecule has 0 aliphatic carbocycles. The molecule has 0 bridgehead atoms. The SMILES string of the molecule is OC(c1cncnc1)c1cnccc1C(F)(F)F. The first-order chi connectivity index (χ1) is 8.50. The predicted molar refractivity (Wildman–Crippen MR) is 55.3 cm³/mol. The summed E-state index contributed by atoms with van der Waals surface area (Å²) >= 11 is 0. The predicted octanol–water partition coefficient (Wildman–Crippen LogP) is 1.97. The Bertz CT molecular complexity index is 531. The van der Waals surface area contributed by atoms with E-state index in [2.05, 4.69) is 15.0 Å². The van der Waals surface area contributed by atoms with Gasteiger partial charge in [-0.25, -0.2) is 9.97 Å². The van der Waals surface area contributed by atoms with Crippen molar-refractivity contribution in [3.05, 3.63) is 53.9 Å². The van der Waals surface area contributed by atoms with E-state index >= 15 is 0 Å². The Morgan fingerprint density at radius 3 is 2.33 bits per heavy atom. The molecule has 0 aromatic carbocycles. The number of hydrogen-bond donors (Lipinski definition) is 1. The summed E-state index contributed by atoms with van der Waals surface area (Å²) in [6, 6.07) is 0.822. The number of pyridine rings is 1. The van der Waals surface area contributed by atoms with Gasteiger partial charge in [-0.05, 0) is 6.07 Å². The molecular weight excluding hydrogens is 247 g/mol. The second-order valence-electron chi connectivity index (χ2n) is 3.54. The largest absolute Gasteiger partial charge is 0.416 e. The first kappa shape index (κ1) is 12.4. The second kappa shape index (κ2) is 4.69. The Balaban J connectivity index is 2.46. The summed E-state index contributed by atoms with van der Waals surface area (Å²) in [5, 5.41) is 9.92. The first-order valence-corrected chi connectivity index (χ1v) is 4.94. The molecule has 1 unspecified atom stereocenters. The lowest BCUT2D eigenvalue weighted by molar-refractivity contribution is -0.139. The lowest BCUT2D eigenvalue weighted by Crippen LogP contribution is -2.13. The lowest BCUT2D eigenvalue weighted by atomic mass is 10.0. The molecule has 2 aromatic heterocycles. The van der Waals surface area contributed by atoms with Crippen LogP contribution < -0.4 is 0 Å². The smallest absolute Gasteiger partial charge is 0.383 e.